The van der Waals surface area contributed by atoms with Gasteiger partial charge in [0.05, 0.1) is 17.7 Å². The number of nitro benzene ring substituents is 1. The molecular weight excluding hydrogens is 400 g/mol. The minimum atomic E-state index is -0.440. The van der Waals surface area contributed by atoms with E-state index in [9.17, 15) is 20.3 Å². The summed E-state index contributed by atoms with van der Waals surface area (Å²) in [5.41, 5.74) is 2.34. The molecule has 1 fully saturated rings. The van der Waals surface area contributed by atoms with E-state index in [0.717, 1.165) is 48.9 Å². The molecule has 0 aromatic heterocycles. The van der Waals surface area contributed by atoms with Gasteiger partial charge in [-0.05, 0) is 73.9 Å². The molecule has 2 aromatic rings. The van der Waals surface area contributed by atoms with Crippen molar-refractivity contribution in [2.75, 3.05) is 13.7 Å². The van der Waals surface area contributed by atoms with Gasteiger partial charge in [0.1, 0.15) is 6.61 Å². The number of hydrogen-bond acceptors (Lipinski definition) is 7. The van der Waals surface area contributed by atoms with Gasteiger partial charge in [0.15, 0.2) is 11.5 Å². The molecule has 0 bridgehead atoms. The first kappa shape index (κ1) is 22.6. The largest absolute Gasteiger partial charge is 0.504 e. The highest BCUT2D eigenvalue weighted by molar-refractivity contribution is 6.02. The summed E-state index contributed by atoms with van der Waals surface area (Å²) in [5.74, 6) is 1.13. The van der Waals surface area contributed by atoms with Crippen LogP contribution in [-0.4, -0.2) is 34.6 Å². The van der Waals surface area contributed by atoms with Crippen molar-refractivity contribution in [3.05, 3.63) is 63.7 Å². The molecule has 1 aliphatic carbocycles. The Morgan fingerprint density at radius 3 is 2.45 bits per heavy atom. The lowest BCUT2D eigenvalue weighted by atomic mass is 9.77. The molecule has 0 saturated heterocycles. The van der Waals surface area contributed by atoms with Crippen molar-refractivity contribution in [3.63, 3.8) is 0 Å². The summed E-state index contributed by atoms with van der Waals surface area (Å²) in [6, 6.07) is 11.4. The molecule has 2 N–H and O–H groups in total. The maximum absolute atomic E-state index is 10.8. The van der Waals surface area contributed by atoms with E-state index in [1.165, 1.54) is 19.2 Å². The highest BCUT2D eigenvalue weighted by Gasteiger charge is 2.26. The van der Waals surface area contributed by atoms with E-state index < -0.39 is 4.92 Å². The van der Waals surface area contributed by atoms with E-state index in [1.54, 1.807) is 24.3 Å². The van der Waals surface area contributed by atoms with Crippen LogP contribution in [0.5, 0.6) is 11.5 Å². The summed E-state index contributed by atoms with van der Waals surface area (Å²) in [7, 11) is 1.50. The van der Waals surface area contributed by atoms with Crippen LogP contribution < -0.4 is 4.74 Å². The Bertz CT molecular complexity index is 905. The number of phenolic OH excluding ortho intramolecular Hbond substituents is 1. The SMILES string of the molecule is COc1ccc(C(=NOCc2ccc([N+](=O)[O-])cc2)[C@H]2CC[C@@H](CCO)CC2)cc1O. The molecule has 0 amide bonds. The number of ether oxygens (including phenoxy) is 1. The molecule has 3 rings (SSSR count). The molecule has 0 radical (unpaired) electrons. The first-order chi connectivity index (χ1) is 15.0. The van der Waals surface area contributed by atoms with Crippen molar-refractivity contribution >= 4 is 11.4 Å². The monoisotopic (exact) mass is 428 g/mol. The standard InChI is InChI=1S/C23H28N2O6/c1-30-22-11-8-19(14-21(22)27)23(18-6-2-16(3-7-18)12-13-26)24-31-15-17-4-9-20(10-5-17)25(28)29/h4-5,8-11,14,16,18,26-27H,2-3,6-7,12-13,15H2,1H3/t16-,18+. The van der Waals surface area contributed by atoms with Crippen LogP contribution >= 0.6 is 0 Å². The Kier molecular flexibility index (Phi) is 7.83. The predicted octanol–water partition coefficient (Wildman–Crippen LogP) is 4.42. The van der Waals surface area contributed by atoms with Gasteiger partial charge in [-0.2, -0.15) is 0 Å². The lowest BCUT2D eigenvalue weighted by Crippen LogP contribution is -2.23. The smallest absolute Gasteiger partial charge is 0.269 e. The van der Waals surface area contributed by atoms with Crippen LogP contribution in [0.25, 0.3) is 0 Å². The number of nitro groups is 1. The van der Waals surface area contributed by atoms with Crippen LogP contribution in [0.4, 0.5) is 5.69 Å². The predicted molar refractivity (Wildman–Crippen MR) is 116 cm³/mol. The van der Waals surface area contributed by atoms with Gasteiger partial charge < -0.3 is 19.8 Å². The number of aromatic hydroxyl groups is 1. The third-order valence-electron chi connectivity index (χ3n) is 5.79. The Hall–Kier alpha value is -3.13. The average molecular weight is 428 g/mol. The van der Waals surface area contributed by atoms with E-state index in [1.807, 2.05) is 6.07 Å². The van der Waals surface area contributed by atoms with Crippen LogP contribution in [0, 0.1) is 22.0 Å². The Morgan fingerprint density at radius 1 is 1.16 bits per heavy atom. The number of phenols is 1. The molecule has 166 valence electrons. The van der Waals surface area contributed by atoms with Gasteiger partial charge in [-0.1, -0.05) is 5.16 Å². The minimum Gasteiger partial charge on any atom is -0.504 e. The lowest BCUT2D eigenvalue weighted by molar-refractivity contribution is -0.384. The molecule has 2 aromatic carbocycles. The minimum absolute atomic E-state index is 0.0290. The summed E-state index contributed by atoms with van der Waals surface area (Å²) in [6.45, 7) is 0.393. The summed E-state index contributed by atoms with van der Waals surface area (Å²) < 4.78 is 5.14. The van der Waals surface area contributed by atoms with E-state index in [2.05, 4.69) is 5.16 Å². The number of aliphatic hydroxyl groups excluding tert-OH is 1. The van der Waals surface area contributed by atoms with Gasteiger partial charge in [-0.15, -0.1) is 0 Å². The zero-order valence-corrected chi connectivity index (χ0v) is 17.6. The average Bonchev–Trinajstić information content (AvgIpc) is 2.78. The maximum Gasteiger partial charge on any atom is 0.269 e. The summed E-state index contributed by atoms with van der Waals surface area (Å²) >= 11 is 0. The third kappa shape index (κ3) is 5.95. The van der Waals surface area contributed by atoms with Gasteiger partial charge in [0.25, 0.3) is 5.69 Å². The molecule has 0 spiro atoms. The Labute approximate surface area is 181 Å². The fourth-order valence-electron chi connectivity index (χ4n) is 4.01. The Balaban J connectivity index is 1.76. The number of rotatable bonds is 9. The van der Waals surface area contributed by atoms with Crippen molar-refractivity contribution < 1.29 is 24.7 Å². The molecule has 0 atom stereocenters. The fourth-order valence-corrected chi connectivity index (χ4v) is 4.01. The van der Waals surface area contributed by atoms with Crippen LogP contribution in [0.2, 0.25) is 0 Å². The molecule has 31 heavy (non-hydrogen) atoms. The summed E-state index contributed by atoms with van der Waals surface area (Å²) in [6.07, 6.45) is 4.69. The van der Waals surface area contributed by atoms with Crippen molar-refractivity contribution in [1.82, 2.24) is 0 Å². The number of methoxy groups -OCH3 is 1. The summed E-state index contributed by atoms with van der Waals surface area (Å²) in [5, 5.41) is 34.6. The Morgan fingerprint density at radius 2 is 1.87 bits per heavy atom. The zero-order valence-electron chi connectivity index (χ0n) is 17.6. The molecule has 0 heterocycles. The molecule has 1 saturated carbocycles. The van der Waals surface area contributed by atoms with Gasteiger partial charge >= 0.3 is 0 Å². The van der Waals surface area contributed by atoms with Crippen LogP contribution in [0.15, 0.2) is 47.6 Å². The quantitative estimate of drug-likeness (QED) is 0.347. The maximum atomic E-state index is 10.8. The van der Waals surface area contributed by atoms with Crippen LogP contribution in [0.3, 0.4) is 0 Å². The van der Waals surface area contributed by atoms with E-state index in [4.69, 9.17) is 9.57 Å². The first-order valence-corrected chi connectivity index (χ1v) is 10.4. The topological polar surface area (TPSA) is 114 Å². The molecular formula is C23H28N2O6. The highest BCUT2D eigenvalue weighted by Crippen LogP contribution is 2.35. The lowest BCUT2D eigenvalue weighted by Gasteiger charge is -2.29. The molecule has 8 nitrogen and oxygen atoms in total. The van der Waals surface area contributed by atoms with Crippen LogP contribution in [-0.2, 0) is 11.4 Å². The number of hydrogen-bond donors (Lipinski definition) is 2. The van der Waals surface area contributed by atoms with Gasteiger partial charge in [0, 0.05) is 30.2 Å². The number of benzene rings is 2. The third-order valence-corrected chi connectivity index (χ3v) is 5.79. The first-order valence-electron chi connectivity index (χ1n) is 10.4. The molecule has 0 aliphatic heterocycles. The number of nitrogens with zero attached hydrogens (tertiary/aromatic N) is 2. The van der Waals surface area contributed by atoms with E-state index in [-0.39, 0.29) is 30.6 Å². The molecule has 1 aliphatic rings. The van der Waals surface area contributed by atoms with Crippen molar-refractivity contribution in [1.29, 1.82) is 0 Å². The van der Waals surface area contributed by atoms with E-state index >= 15 is 0 Å². The molecule has 8 heteroatoms. The van der Waals surface area contributed by atoms with Crippen molar-refractivity contribution in [2.24, 2.45) is 17.0 Å². The zero-order chi connectivity index (χ0) is 22.2. The second kappa shape index (κ2) is 10.8. The second-order valence-electron chi connectivity index (χ2n) is 7.79. The normalized spacial score (nSPS) is 19.1. The number of aliphatic hydroxyl groups is 1. The number of non-ortho nitro benzene ring substituents is 1. The van der Waals surface area contributed by atoms with Gasteiger partial charge in [-0.3, -0.25) is 10.1 Å². The second-order valence-corrected chi connectivity index (χ2v) is 7.79. The fraction of sp³-hybridized carbons (Fsp3) is 0.435. The molecule has 0 unspecified atom stereocenters. The summed E-state index contributed by atoms with van der Waals surface area (Å²) in [4.78, 5) is 16.0. The highest BCUT2D eigenvalue weighted by atomic mass is 16.6. The van der Waals surface area contributed by atoms with Crippen LogP contribution in [0.1, 0.15) is 43.2 Å². The van der Waals surface area contributed by atoms with Gasteiger partial charge in [-0.25, -0.2) is 0 Å². The van der Waals surface area contributed by atoms with Crippen molar-refractivity contribution in [3.8, 4) is 11.5 Å². The van der Waals surface area contributed by atoms with Crippen molar-refractivity contribution in [2.45, 2.75) is 38.7 Å². The van der Waals surface area contributed by atoms with Gasteiger partial charge in [0.2, 0.25) is 0 Å². The van der Waals surface area contributed by atoms with E-state index in [0.29, 0.717) is 11.7 Å². The number of oxime groups is 1.